The lowest BCUT2D eigenvalue weighted by Gasteiger charge is -2.10. The van der Waals surface area contributed by atoms with Crippen molar-refractivity contribution >= 4 is 44.9 Å². The number of hydrogen-bond donors (Lipinski definition) is 0. The Kier molecular flexibility index (Phi) is 3.25. The molecule has 0 aliphatic heterocycles. The van der Waals surface area contributed by atoms with Crippen LogP contribution in [0.5, 0.6) is 0 Å². The van der Waals surface area contributed by atoms with Crippen LogP contribution in [0, 0.1) is 0 Å². The lowest BCUT2D eigenvalue weighted by Crippen LogP contribution is -1.89. The highest BCUT2D eigenvalue weighted by atomic mass is 35.5. The summed E-state index contributed by atoms with van der Waals surface area (Å²) in [6, 6.07) is 21.8. The molecule has 3 aromatic carbocycles. The highest BCUT2D eigenvalue weighted by molar-refractivity contribution is 6.32. The number of nitrogens with zero attached hydrogens (tertiary/aromatic N) is 1. The Morgan fingerprint density at radius 1 is 0.636 bits per heavy atom. The normalized spacial score (nSPS) is 11.2. The van der Waals surface area contributed by atoms with Crippen molar-refractivity contribution in [3.8, 4) is 11.3 Å². The highest BCUT2D eigenvalue weighted by Gasteiger charge is 2.10. The number of halogens is 2. The van der Waals surface area contributed by atoms with Gasteiger partial charge in [-0.05, 0) is 35.7 Å². The van der Waals surface area contributed by atoms with Gasteiger partial charge in [0.2, 0.25) is 0 Å². The first-order valence-electron chi connectivity index (χ1n) is 6.96. The standard InChI is InChI=1S/C19H11Cl2N/c20-13-7-5-12(6-8-13)19-16-10-9-14(21)11-17(16)15-3-1-2-4-18(15)22-19/h1-11H. The van der Waals surface area contributed by atoms with E-state index in [2.05, 4.69) is 6.07 Å². The lowest BCUT2D eigenvalue weighted by molar-refractivity contribution is 1.43. The summed E-state index contributed by atoms with van der Waals surface area (Å²) in [6.07, 6.45) is 0. The van der Waals surface area contributed by atoms with Crippen LogP contribution in [0.3, 0.4) is 0 Å². The van der Waals surface area contributed by atoms with Crippen molar-refractivity contribution in [3.63, 3.8) is 0 Å². The van der Waals surface area contributed by atoms with Gasteiger partial charge in [0.05, 0.1) is 11.2 Å². The summed E-state index contributed by atoms with van der Waals surface area (Å²) in [5.74, 6) is 0. The minimum atomic E-state index is 0.719. The molecule has 1 aromatic heterocycles. The van der Waals surface area contributed by atoms with Crippen LogP contribution in [-0.4, -0.2) is 4.98 Å². The molecular weight excluding hydrogens is 313 g/mol. The monoisotopic (exact) mass is 323 g/mol. The maximum absolute atomic E-state index is 6.20. The number of hydrogen-bond acceptors (Lipinski definition) is 1. The quantitative estimate of drug-likeness (QED) is 0.371. The largest absolute Gasteiger partial charge is 0.247 e. The Morgan fingerprint density at radius 3 is 2.18 bits per heavy atom. The van der Waals surface area contributed by atoms with Crippen molar-refractivity contribution in [3.05, 3.63) is 76.8 Å². The second kappa shape index (κ2) is 5.28. The smallest absolute Gasteiger partial charge is 0.0788 e. The fourth-order valence-electron chi connectivity index (χ4n) is 2.75. The molecule has 0 saturated heterocycles. The second-order valence-corrected chi connectivity index (χ2v) is 6.05. The topological polar surface area (TPSA) is 12.9 Å². The Hall–Kier alpha value is -2.09. The van der Waals surface area contributed by atoms with Crippen molar-refractivity contribution in [2.24, 2.45) is 0 Å². The average Bonchev–Trinajstić information content (AvgIpc) is 2.55. The van der Waals surface area contributed by atoms with Gasteiger partial charge in [0.15, 0.2) is 0 Å². The van der Waals surface area contributed by atoms with Gasteiger partial charge in [-0.3, -0.25) is 0 Å². The molecule has 1 heterocycles. The van der Waals surface area contributed by atoms with Crippen LogP contribution in [0.1, 0.15) is 0 Å². The van der Waals surface area contributed by atoms with E-state index >= 15 is 0 Å². The number of benzene rings is 3. The summed E-state index contributed by atoms with van der Waals surface area (Å²) in [6.45, 7) is 0. The van der Waals surface area contributed by atoms with E-state index in [0.29, 0.717) is 0 Å². The first-order chi connectivity index (χ1) is 10.7. The molecule has 0 radical (unpaired) electrons. The first kappa shape index (κ1) is 13.6. The van der Waals surface area contributed by atoms with Crippen LogP contribution in [-0.2, 0) is 0 Å². The minimum absolute atomic E-state index is 0.719. The maximum atomic E-state index is 6.20. The molecule has 0 amide bonds. The molecule has 0 N–H and O–H groups in total. The third-order valence-corrected chi connectivity index (χ3v) is 4.27. The molecule has 0 aliphatic rings. The molecule has 0 atom stereocenters. The highest BCUT2D eigenvalue weighted by Crippen LogP contribution is 2.34. The third kappa shape index (κ3) is 2.23. The summed E-state index contributed by atoms with van der Waals surface area (Å²) in [7, 11) is 0. The van der Waals surface area contributed by atoms with Crippen molar-refractivity contribution in [1.29, 1.82) is 0 Å². The Bertz CT molecular complexity index is 991. The lowest BCUT2D eigenvalue weighted by atomic mass is 10.00. The predicted molar refractivity (Wildman–Crippen MR) is 94.7 cm³/mol. The first-order valence-corrected chi connectivity index (χ1v) is 7.72. The van der Waals surface area contributed by atoms with E-state index in [9.17, 15) is 0 Å². The van der Waals surface area contributed by atoms with E-state index in [1.54, 1.807) is 0 Å². The van der Waals surface area contributed by atoms with Gasteiger partial charge >= 0.3 is 0 Å². The van der Waals surface area contributed by atoms with E-state index in [-0.39, 0.29) is 0 Å². The fourth-order valence-corrected chi connectivity index (χ4v) is 3.05. The van der Waals surface area contributed by atoms with E-state index in [4.69, 9.17) is 28.2 Å². The molecule has 3 heteroatoms. The molecule has 22 heavy (non-hydrogen) atoms. The fraction of sp³-hybridized carbons (Fsp3) is 0. The summed E-state index contributed by atoms with van der Waals surface area (Å²) < 4.78 is 0. The van der Waals surface area contributed by atoms with E-state index < -0.39 is 0 Å². The number of fused-ring (bicyclic) bond motifs is 3. The molecular formula is C19H11Cl2N. The van der Waals surface area contributed by atoms with Gasteiger partial charge in [-0.1, -0.05) is 59.6 Å². The molecule has 106 valence electrons. The number of aromatic nitrogens is 1. The van der Waals surface area contributed by atoms with Gasteiger partial charge in [0, 0.05) is 26.4 Å². The van der Waals surface area contributed by atoms with Gasteiger partial charge in [0.1, 0.15) is 0 Å². The molecule has 1 nitrogen and oxygen atoms in total. The zero-order valence-corrected chi connectivity index (χ0v) is 13.1. The van der Waals surface area contributed by atoms with Gasteiger partial charge in [-0.25, -0.2) is 4.98 Å². The van der Waals surface area contributed by atoms with E-state index in [0.717, 1.165) is 43.0 Å². The van der Waals surface area contributed by atoms with E-state index in [1.165, 1.54) is 0 Å². The molecule has 4 aromatic rings. The molecule has 0 bridgehead atoms. The summed E-state index contributed by atoms with van der Waals surface area (Å²) in [4.78, 5) is 4.85. The van der Waals surface area contributed by atoms with Crippen LogP contribution in [0.15, 0.2) is 66.7 Å². The Balaban J connectivity index is 2.14. The van der Waals surface area contributed by atoms with Crippen molar-refractivity contribution in [2.75, 3.05) is 0 Å². The van der Waals surface area contributed by atoms with Crippen molar-refractivity contribution in [1.82, 2.24) is 4.98 Å². The minimum Gasteiger partial charge on any atom is -0.247 e. The third-order valence-electron chi connectivity index (χ3n) is 3.78. The van der Waals surface area contributed by atoms with Gasteiger partial charge < -0.3 is 0 Å². The van der Waals surface area contributed by atoms with Crippen LogP contribution >= 0.6 is 23.2 Å². The SMILES string of the molecule is Clc1ccc(-c2nc3ccccc3c3cc(Cl)ccc23)cc1. The average molecular weight is 324 g/mol. The number of rotatable bonds is 1. The number of para-hydroxylation sites is 1. The molecule has 0 unspecified atom stereocenters. The van der Waals surface area contributed by atoms with Gasteiger partial charge in [-0.15, -0.1) is 0 Å². The van der Waals surface area contributed by atoms with Crippen LogP contribution in [0.25, 0.3) is 32.9 Å². The van der Waals surface area contributed by atoms with Crippen LogP contribution in [0.2, 0.25) is 10.0 Å². The van der Waals surface area contributed by atoms with Crippen molar-refractivity contribution in [2.45, 2.75) is 0 Å². The summed E-state index contributed by atoms with van der Waals surface area (Å²) in [5.41, 5.74) is 2.95. The molecule has 0 saturated carbocycles. The number of pyridine rings is 1. The second-order valence-electron chi connectivity index (χ2n) is 5.17. The van der Waals surface area contributed by atoms with Gasteiger partial charge in [0.25, 0.3) is 0 Å². The zero-order valence-electron chi connectivity index (χ0n) is 11.6. The van der Waals surface area contributed by atoms with Crippen molar-refractivity contribution < 1.29 is 0 Å². The predicted octanol–water partition coefficient (Wildman–Crippen LogP) is 6.36. The Morgan fingerprint density at radius 2 is 1.36 bits per heavy atom. The maximum Gasteiger partial charge on any atom is 0.0788 e. The molecule has 4 rings (SSSR count). The zero-order chi connectivity index (χ0) is 15.1. The molecule has 0 fully saturated rings. The Labute approximate surface area is 138 Å². The molecule has 0 spiro atoms. The summed E-state index contributed by atoms with van der Waals surface area (Å²) in [5, 5.41) is 4.76. The van der Waals surface area contributed by atoms with E-state index in [1.807, 2.05) is 60.7 Å². The van der Waals surface area contributed by atoms with Crippen LogP contribution in [0.4, 0.5) is 0 Å². The van der Waals surface area contributed by atoms with Gasteiger partial charge in [-0.2, -0.15) is 0 Å². The molecule has 0 aliphatic carbocycles. The summed E-state index contributed by atoms with van der Waals surface area (Å²) >= 11 is 12.2. The van der Waals surface area contributed by atoms with Crippen LogP contribution < -0.4 is 0 Å².